The van der Waals surface area contributed by atoms with Gasteiger partial charge in [0, 0.05) is 5.56 Å². The zero-order valence-electron chi connectivity index (χ0n) is 13.1. The predicted octanol–water partition coefficient (Wildman–Crippen LogP) is 2.97. The SMILES string of the molecule is CC[C@@H](Sc1ccc2nnc(-c3cccc(F)c3)n2n1)C(=O)OC. The lowest BCUT2D eigenvalue weighted by atomic mass is 10.2. The van der Waals surface area contributed by atoms with E-state index in [1.165, 1.54) is 31.0 Å². The summed E-state index contributed by atoms with van der Waals surface area (Å²) in [7, 11) is 1.37. The van der Waals surface area contributed by atoms with Crippen molar-refractivity contribution in [1.29, 1.82) is 0 Å². The third kappa shape index (κ3) is 3.23. The van der Waals surface area contributed by atoms with Crippen LogP contribution in [0.25, 0.3) is 17.0 Å². The second-order valence-corrected chi connectivity index (χ2v) is 6.24. The van der Waals surface area contributed by atoms with Crippen molar-refractivity contribution >= 4 is 23.4 Å². The molecule has 0 amide bonds. The summed E-state index contributed by atoms with van der Waals surface area (Å²) >= 11 is 1.31. The standard InChI is InChI=1S/C16H15FN4O2S/c1-3-12(16(22)23-2)24-14-8-7-13-18-19-15(21(13)20-14)10-5-4-6-11(17)9-10/h4-9,12H,3H2,1-2H3/t12-/m1/s1. The van der Waals surface area contributed by atoms with E-state index < -0.39 is 0 Å². The molecule has 6 nitrogen and oxygen atoms in total. The molecule has 3 rings (SSSR count). The van der Waals surface area contributed by atoms with Gasteiger partial charge in [-0.15, -0.1) is 10.2 Å². The van der Waals surface area contributed by atoms with Gasteiger partial charge in [0.25, 0.3) is 0 Å². The highest BCUT2D eigenvalue weighted by molar-refractivity contribution is 8.00. The van der Waals surface area contributed by atoms with Crippen LogP contribution in [0.2, 0.25) is 0 Å². The Kier molecular flexibility index (Phi) is 4.75. The molecule has 8 heteroatoms. The molecular formula is C16H15FN4O2S. The number of thioether (sulfide) groups is 1. The minimum atomic E-state index is -0.355. The first-order valence-corrected chi connectivity index (χ1v) is 8.23. The van der Waals surface area contributed by atoms with Gasteiger partial charge in [0.1, 0.15) is 16.1 Å². The molecule has 0 aliphatic rings. The van der Waals surface area contributed by atoms with Gasteiger partial charge in [-0.25, -0.2) is 4.39 Å². The van der Waals surface area contributed by atoms with Gasteiger partial charge in [-0.05, 0) is 30.7 Å². The Morgan fingerprint density at radius 2 is 2.17 bits per heavy atom. The summed E-state index contributed by atoms with van der Waals surface area (Å²) in [5, 5.41) is 12.9. The van der Waals surface area contributed by atoms with Gasteiger partial charge in [-0.3, -0.25) is 4.79 Å². The predicted molar refractivity (Wildman–Crippen MR) is 88.1 cm³/mol. The lowest BCUT2D eigenvalue weighted by molar-refractivity contribution is -0.140. The summed E-state index contributed by atoms with van der Waals surface area (Å²) in [6, 6.07) is 9.62. The fourth-order valence-corrected chi connectivity index (χ4v) is 3.14. The normalized spacial score (nSPS) is 12.3. The minimum Gasteiger partial charge on any atom is -0.468 e. The molecule has 0 N–H and O–H groups in total. The van der Waals surface area contributed by atoms with Gasteiger partial charge < -0.3 is 4.74 Å². The van der Waals surface area contributed by atoms with Crippen molar-refractivity contribution < 1.29 is 13.9 Å². The number of hydrogen-bond donors (Lipinski definition) is 0. The Morgan fingerprint density at radius 1 is 1.33 bits per heavy atom. The Hall–Kier alpha value is -2.48. The van der Waals surface area contributed by atoms with Crippen molar-refractivity contribution in [1.82, 2.24) is 19.8 Å². The number of rotatable bonds is 5. The molecule has 3 aromatic rings. The molecule has 2 heterocycles. The van der Waals surface area contributed by atoms with Crippen molar-refractivity contribution in [2.75, 3.05) is 7.11 Å². The van der Waals surface area contributed by atoms with Crippen LogP contribution in [0.1, 0.15) is 13.3 Å². The van der Waals surface area contributed by atoms with E-state index in [4.69, 9.17) is 4.74 Å². The molecule has 0 aliphatic heterocycles. The van der Waals surface area contributed by atoms with Crippen molar-refractivity contribution in [3.63, 3.8) is 0 Å². The molecule has 124 valence electrons. The number of fused-ring (bicyclic) bond motifs is 1. The number of ether oxygens (including phenoxy) is 1. The van der Waals surface area contributed by atoms with Gasteiger partial charge in [-0.1, -0.05) is 30.8 Å². The van der Waals surface area contributed by atoms with E-state index in [-0.39, 0.29) is 17.0 Å². The number of carbonyl (C=O) groups excluding carboxylic acids is 1. The van der Waals surface area contributed by atoms with Crippen LogP contribution in [0.5, 0.6) is 0 Å². The maximum atomic E-state index is 13.5. The number of methoxy groups -OCH3 is 1. The van der Waals surface area contributed by atoms with Gasteiger partial charge in [0.15, 0.2) is 11.5 Å². The van der Waals surface area contributed by atoms with Crippen molar-refractivity contribution in [2.45, 2.75) is 23.6 Å². The number of nitrogens with zero attached hydrogens (tertiary/aromatic N) is 4. The van der Waals surface area contributed by atoms with E-state index >= 15 is 0 Å². The first-order chi connectivity index (χ1) is 11.6. The molecule has 0 unspecified atom stereocenters. The molecule has 0 saturated heterocycles. The quantitative estimate of drug-likeness (QED) is 0.522. The zero-order valence-corrected chi connectivity index (χ0v) is 14.0. The third-order valence-corrected chi connectivity index (χ3v) is 4.69. The van der Waals surface area contributed by atoms with E-state index in [0.29, 0.717) is 28.5 Å². The Morgan fingerprint density at radius 3 is 2.88 bits per heavy atom. The van der Waals surface area contributed by atoms with E-state index in [1.807, 2.05) is 6.92 Å². The van der Waals surface area contributed by atoms with Gasteiger partial charge >= 0.3 is 5.97 Å². The number of benzene rings is 1. The highest BCUT2D eigenvalue weighted by Crippen LogP contribution is 2.26. The van der Waals surface area contributed by atoms with Gasteiger partial charge in [0.2, 0.25) is 0 Å². The monoisotopic (exact) mass is 346 g/mol. The first kappa shape index (κ1) is 16.4. The van der Waals surface area contributed by atoms with Gasteiger partial charge in [0.05, 0.1) is 7.11 Å². The molecule has 1 aromatic carbocycles. The first-order valence-electron chi connectivity index (χ1n) is 7.35. The van der Waals surface area contributed by atoms with Crippen molar-refractivity contribution in [3.8, 4) is 11.4 Å². The van der Waals surface area contributed by atoms with Crippen LogP contribution in [-0.4, -0.2) is 38.1 Å². The highest BCUT2D eigenvalue weighted by atomic mass is 32.2. The summed E-state index contributed by atoms with van der Waals surface area (Å²) in [4.78, 5) is 11.7. The minimum absolute atomic E-state index is 0.293. The summed E-state index contributed by atoms with van der Waals surface area (Å²) in [6.07, 6.45) is 0.621. The summed E-state index contributed by atoms with van der Waals surface area (Å²) < 4.78 is 19.8. The average Bonchev–Trinajstić information content (AvgIpc) is 3.02. The van der Waals surface area contributed by atoms with E-state index in [0.717, 1.165) is 0 Å². The largest absolute Gasteiger partial charge is 0.468 e. The Labute approximate surface area is 142 Å². The maximum absolute atomic E-state index is 13.5. The number of esters is 1. The summed E-state index contributed by atoms with van der Waals surface area (Å²) in [5.74, 6) is -0.205. The molecule has 0 saturated carbocycles. The fraction of sp³-hybridized carbons (Fsp3) is 0.250. The summed E-state index contributed by atoms with van der Waals surface area (Å²) in [5.41, 5.74) is 1.13. The molecule has 0 fully saturated rings. The van der Waals surface area contributed by atoms with Crippen LogP contribution >= 0.6 is 11.8 Å². The topological polar surface area (TPSA) is 69.4 Å². The van der Waals surface area contributed by atoms with Crippen LogP contribution in [0.3, 0.4) is 0 Å². The molecule has 1 atom stereocenters. The number of hydrogen-bond acceptors (Lipinski definition) is 6. The molecule has 2 aromatic heterocycles. The highest BCUT2D eigenvalue weighted by Gasteiger charge is 2.20. The average molecular weight is 346 g/mol. The van der Waals surface area contributed by atoms with E-state index in [1.54, 1.807) is 28.8 Å². The van der Waals surface area contributed by atoms with E-state index in [2.05, 4.69) is 15.3 Å². The molecule has 0 aliphatic carbocycles. The maximum Gasteiger partial charge on any atom is 0.319 e. The molecule has 0 radical (unpaired) electrons. The van der Waals surface area contributed by atoms with Crippen LogP contribution < -0.4 is 0 Å². The molecule has 24 heavy (non-hydrogen) atoms. The lowest BCUT2D eigenvalue weighted by Gasteiger charge is -2.11. The smallest absolute Gasteiger partial charge is 0.319 e. The molecular weight excluding hydrogens is 331 g/mol. The zero-order chi connectivity index (χ0) is 17.1. The molecule has 0 spiro atoms. The third-order valence-electron chi connectivity index (χ3n) is 3.42. The van der Waals surface area contributed by atoms with Crippen LogP contribution in [0, 0.1) is 5.82 Å². The van der Waals surface area contributed by atoms with Gasteiger partial charge in [-0.2, -0.15) is 9.61 Å². The summed E-state index contributed by atoms with van der Waals surface area (Å²) in [6.45, 7) is 1.91. The molecule has 0 bridgehead atoms. The van der Waals surface area contributed by atoms with Crippen LogP contribution in [0.15, 0.2) is 41.4 Å². The number of halogens is 1. The Balaban J connectivity index is 1.98. The fourth-order valence-electron chi connectivity index (χ4n) is 2.22. The lowest BCUT2D eigenvalue weighted by Crippen LogP contribution is -2.18. The number of carbonyl (C=O) groups is 1. The second kappa shape index (κ2) is 6.96. The van der Waals surface area contributed by atoms with Crippen molar-refractivity contribution in [3.05, 3.63) is 42.2 Å². The van der Waals surface area contributed by atoms with Crippen molar-refractivity contribution in [2.24, 2.45) is 0 Å². The Bertz CT molecular complexity index is 883. The number of aromatic nitrogens is 4. The van der Waals surface area contributed by atoms with Crippen LogP contribution in [0.4, 0.5) is 4.39 Å². The van der Waals surface area contributed by atoms with Crippen LogP contribution in [-0.2, 0) is 9.53 Å². The van der Waals surface area contributed by atoms with E-state index in [9.17, 15) is 9.18 Å². The second-order valence-electron chi connectivity index (χ2n) is 5.01.